The molecule has 1 aromatic rings. The van der Waals surface area contributed by atoms with Crippen molar-refractivity contribution in [3.63, 3.8) is 0 Å². The molecule has 26 heavy (non-hydrogen) atoms. The largest absolute Gasteiger partial charge is 0.357 e. The zero-order chi connectivity index (χ0) is 18.9. The highest BCUT2D eigenvalue weighted by Gasteiger charge is 2.21. The van der Waals surface area contributed by atoms with Gasteiger partial charge < -0.3 is 16.0 Å². The summed E-state index contributed by atoms with van der Waals surface area (Å²) in [5.41, 5.74) is 0.632. The van der Waals surface area contributed by atoms with E-state index >= 15 is 0 Å². The van der Waals surface area contributed by atoms with Crippen molar-refractivity contribution in [2.75, 3.05) is 26.2 Å². The Kier molecular flexibility index (Phi) is 11.4. The lowest BCUT2D eigenvalue weighted by Crippen LogP contribution is -2.42. The average molecular weight is 478 g/mol. The van der Waals surface area contributed by atoms with Crippen LogP contribution in [0.1, 0.15) is 40.2 Å². The summed E-state index contributed by atoms with van der Waals surface area (Å²) in [5, 5.41) is 9.24. The maximum atomic E-state index is 13.4. The third-order valence-electron chi connectivity index (χ3n) is 3.82. The molecule has 148 valence electrons. The number of hydrogen-bond donors (Lipinski definition) is 3. The molecular formula is C19H32FIN4O. The molecule has 0 aliphatic rings. The Balaban J connectivity index is 0.00000625. The minimum Gasteiger partial charge on any atom is -0.357 e. The van der Waals surface area contributed by atoms with Gasteiger partial charge in [0.15, 0.2) is 5.96 Å². The standard InChI is InChI=1S/C19H31FN4O.HI/c1-6-21-18(23-11-10-22-17(25)14(2)3)24-13-19(4,5)15-8-7-9-16(20)12-15;/h7-9,12,14H,6,10-11,13H2,1-5H3,(H,22,25)(H2,21,23,24);1H. The predicted molar refractivity (Wildman–Crippen MR) is 117 cm³/mol. The van der Waals surface area contributed by atoms with Gasteiger partial charge in [-0.1, -0.05) is 39.8 Å². The van der Waals surface area contributed by atoms with Crippen LogP contribution in [-0.4, -0.2) is 38.0 Å². The number of carbonyl (C=O) groups excluding carboxylic acids is 1. The van der Waals surface area contributed by atoms with Crippen molar-refractivity contribution in [1.29, 1.82) is 0 Å². The van der Waals surface area contributed by atoms with E-state index in [1.54, 1.807) is 12.1 Å². The van der Waals surface area contributed by atoms with Crippen molar-refractivity contribution in [1.82, 2.24) is 16.0 Å². The molecule has 0 aromatic heterocycles. The molecule has 3 N–H and O–H groups in total. The first kappa shape index (κ1) is 24.6. The van der Waals surface area contributed by atoms with Gasteiger partial charge >= 0.3 is 0 Å². The van der Waals surface area contributed by atoms with Gasteiger partial charge in [0.25, 0.3) is 0 Å². The average Bonchev–Trinajstić information content (AvgIpc) is 2.56. The highest BCUT2D eigenvalue weighted by Crippen LogP contribution is 2.24. The number of rotatable bonds is 8. The van der Waals surface area contributed by atoms with Crippen LogP contribution < -0.4 is 16.0 Å². The van der Waals surface area contributed by atoms with Gasteiger partial charge in [0, 0.05) is 31.0 Å². The van der Waals surface area contributed by atoms with Gasteiger partial charge in [-0.05, 0) is 24.6 Å². The van der Waals surface area contributed by atoms with E-state index in [2.05, 4.69) is 20.9 Å². The Morgan fingerprint density at radius 1 is 1.19 bits per heavy atom. The fourth-order valence-corrected chi connectivity index (χ4v) is 2.19. The number of aliphatic imine (C=N–C) groups is 1. The molecule has 1 rings (SSSR count). The topological polar surface area (TPSA) is 65.5 Å². The SMILES string of the molecule is CCNC(=NCC(C)(C)c1cccc(F)c1)NCCNC(=O)C(C)C.I. The number of guanidine groups is 1. The van der Waals surface area contributed by atoms with Gasteiger partial charge in [-0.2, -0.15) is 0 Å². The molecule has 5 nitrogen and oxygen atoms in total. The lowest BCUT2D eigenvalue weighted by molar-refractivity contribution is -0.123. The van der Waals surface area contributed by atoms with Crippen molar-refractivity contribution in [3.05, 3.63) is 35.6 Å². The second-order valence-electron chi connectivity index (χ2n) is 6.96. The van der Waals surface area contributed by atoms with E-state index in [0.29, 0.717) is 25.6 Å². The Bertz CT molecular complexity index is 591. The summed E-state index contributed by atoms with van der Waals surface area (Å²) >= 11 is 0. The monoisotopic (exact) mass is 478 g/mol. The predicted octanol–water partition coefficient (Wildman–Crippen LogP) is 3.05. The highest BCUT2D eigenvalue weighted by atomic mass is 127. The van der Waals surface area contributed by atoms with E-state index in [0.717, 1.165) is 12.1 Å². The molecule has 0 aliphatic heterocycles. The van der Waals surface area contributed by atoms with Gasteiger partial charge in [0.2, 0.25) is 5.91 Å². The van der Waals surface area contributed by atoms with Gasteiger partial charge in [-0.25, -0.2) is 4.39 Å². The van der Waals surface area contributed by atoms with Crippen molar-refractivity contribution in [2.45, 2.75) is 40.0 Å². The molecule has 1 amide bonds. The summed E-state index contributed by atoms with van der Waals surface area (Å²) in [6, 6.07) is 6.63. The van der Waals surface area contributed by atoms with Crippen LogP contribution >= 0.6 is 24.0 Å². The zero-order valence-electron chi connectivity index (χ0n) is 16.4. The minimum absolute atomic E-state index is 0. The summed E-state index contributed by atoms with van der Waals surface area (Å²) in [7, 11) is 0. The molecule has 0 radical (unpaired) electrons. The Morgan fingerprint density at radius 3 is 2.42 bits per heavy atom. The van der Waals surface area contributed by atoms with Crippen LogP contribution in [0, 0.1) is 11.7 Å². The lowest BCUT2D eigenvalue weighted by atomic mass is 9.85. The lowest BCUT2D eigenvalue weighted by Gasteiger charge is -2.24. The van der Waals surface area contributed by atoms with Crippen LogP contribution in [0.3, 0.4) is 0 Å². The van der Waals surface area contributed by atoms with Crippen LogP contribution in [0.4, 0.5) is 4.39 Å². The molecule has 0 bridgehead atoms. The minimum atomic E-state index is -0.281. The van der Waals surface area contributed by atoms with Crippen LogP contribution in [0.25, 0.3) is 0 Å². The first-order valence-electron chi connectivity index (χ1n) is 8.82. The van der Waals surface area contributed by atoms with Crippen molar-refractivity contribution in [3.8, 4) is 0 Å². The fourth-order valence-electron chi connectivity index (χ4n) is 2.19. The maximum Gasteiger partial charge on any atom is 0.222 e. The first-order valence-corrected chi connectivity index (χ1v) is 8.82. The zero-order valence-corrected chi connectivity index (χ0v) is 18.7. The molecule has 7 heteroatoms. The number of benzene rings is 1. The number of halogens is 2. The first-order chi connectivity index (χ1) is 11.8. The van der Waals surface area contributed by atoms with Crippen molar-refractivity contribution in [2.24, 2.45) is 10.9 Å². The highest BCUT2D eigenvalue weighted by molar-refractivity contribution is 14.0. The van der Waals surface area contributed by atoms with Crippen LogP contribution in [-0.2, 0) is 10.2 Å². The molecule has 1 aromatic carbocycles. The molecule has 0 atom stereocenters. The van der Waals surface area contributed by atoms with Crippen LogP contribution in [0.2, 0.25) is 0 Å². The molecule has 0 aliphatic carbocycles. The summed E-state index contributed by atoms with van der Waals surface area (Å²) in [5.74, 6) is 0.469. The summed E-state index contributed by atoms with van der Waals surface area (Å²) < 4.78 is 13.4. The molecule has 0 saturated carbocycles. The Labute approximate surface area is 173 Å². The van der Waals surface area contributed by atoms with E-state index in [1.165, 1.54) is 6.07 Å². The van der Waals surface area contributed by atoms with Gasteiger partial charge in [0.05, 0.1) is 6.54 Å². The van der Waals surface area contributed by atoms with Gasteiger partial charge in [-0.15, -0.1) is 24.0 Å². The number of carbonyl (C=O) groups is 1. The number of hydrogen-bond acceptors (Lipinski definition) is 2. The van der Waals surface area contributed by atoms with E-state index < -0.39 is 0 Å². The van der Waals surface area contributed by atoms with Gasteiger partial charge in [0.1, 0.15) is 5.82 Å². The summed E-state index contributed by atoms with van der Waals surface area (Å²) in [6.45, 7) is 12.2. The molecule has 0 fully saturated rings. The second-order valence-corrected chi connectivity index (χ2v) is 6.96. The number of nitrogens with one attached hydrogen (secondary N) is 3. The normalized spacial score (nSPS) is 11.7. The van der Waals surface area contributed by atoms with Crippen LogP contribution in [0.5, 0.6) is 0 Å². The maximum absolute atomic E-state index is 13.4. The van der Waals surface area contributed by atoms with Crippen molar-refractivity contribution >= 4 is 35.8 Å². The smallest absolute Gasteiger partial charge is 0.222 e. The summed E-state index contributed by atoms with van der Waals surface area (Å²) in [4.78, 5) is 16.1. The molecule has 0 unspecified atom stereocenters. The van der Waals surface area contributed by atoms with E-state index in [9.17, 15) is 9.18 Å². The molecular weight excluding hydrogens is 446 g/mol. The third kappa shape index (κ3) is 8.82. The molecule has 0 spiro atoms. The third-order valence-corrected chi connectivity index (χ3v) is 3.82. The van der Waals surface area contributed by atoms with Gasteiger partial charge in [-0.3, -0.25) is 9.79 Å². The van der Waals surface area contributed by atoms with Crippen LogP contribution in [0.15, 0.2) is 29.3 Å². The summed E-state index contributed by atoms with van der Waals surface area (Å²) in [6.07, 6.45) is 0. The number of nitrogens with zero attached hydrogens (tertiary/aromatic N) is 1. The Morgan fingerprint density at radius 2 is 1.85 bits per heavy atom. The van der Waals surface area contributed by atoms with Crippen molar-refractivity contribution < 1.29 is 9.18 Å². The van der Waals surface area contributed by atoms with E-state index in [-0.39, 0.29) is 47.0 Å². The van der Waals surface area contributed by atoms with E-state index in [4.69, 9.17) is 0 Å². The fraction of sp³-hybridized carbons (Fsp3) is 0.579. The molecule has 0 saturated heterocycles. The molecule has 0 heterocycles. The quantitative estimate of drug-likeness (QED) is 0.233. The Hall–Kier alpha value is -1.38. The second kappa shape index (κ2) is 12.1. The van der Waals surface area contributed by atoms with E-state index in [1.807, 2.05) is 40.7 Å². The number of amides is 1.